The molecule has 192 valence electrons. The van der Waals surface area contributed by atoms with Crippen molar-refractivity contribution >= 4 is 23.2 Å². The fourth-order valence-electron chi connectivity index (χ4n) is 3.66. The van der Waals surface area contributed by atoms with Gasteiger partial charge in [0.1, 0.15) is 22.4 Å². The Balaban J connectivity index is 1.43. The van der Waals surface area contributed by atoms with Gasteiger partial charge in [-0.1, -0.05) is 20.8 Å². The van der Waals surface area contributed by atoms with Gasteiger partial charge in [-0.2, -0.15) is 4.39 Å². The molecule has 0 aromatic carbocycles. The zero-order chi connectivity index (χ0) is 26.7. The summed E-state index contributed by atoms with van der Waals surface area (Å²) >= 11 is 1.18. The molecule has 4 aromatic heterocycles. The second-order valence-corrected chi connectivity index (χ2v) is 10.5. The van der Waals surface area contributed by atoms with Crippen LogP contribution in [-0.2, 0) is 5.41 Å². The molecule has 0 aliphatic heterocycles. The number of pyridine rings is 1. The van der Waals surface area contributed by atoms with Crippen molar-refractivity contribution in [1.82, 2.24) is 35.2 Å². The van der Waals surface area contributed by atoms with Crippen LogP contribution in [0.2, 0.25) is 0 Å². The molecular formula is C25H27FN8O2S. The summed E-state index contributed by atoms with van der Waals surface area (Å²) in [6.45, 7) is 9.87. The fourth-order valence-corrected chi connectivity index (χ4v) is 4.48. The lowest BCUT2D eigenvalue weighted by atomic mass is 9.89. The SMILES string of the molecule is Cc1cnc(NC(=O)c2cnc(C(C)NC(O)c3cc(-c4cccnc4F)ncn3)s2)nc1C(C)(C)C. The lowest BCUT2D eigenvalue weighted by Crippen LogP contribution is -2.25. The Hall–Kier alpha value is -3.74. The van der Waals surface area contributed by atoms with Gasteiger partial charge in [0.2, 0.25) is 11.9 Å². The number of aryl methyl sites for hydroxylation is 1. The molecular weight excluding hydrogens is 495 g/mol. The molecule has 2 atom stereocenters. The highest BCUT2D eigenvalue weighted by molar-refractivity contribution is 7.13. The van der Waals surface area contributed by atoms with Gasteiger partial charge in [0.05, 0.1) is 34.9 Å². The third-order valence-corrected chi connectivity index (χ3v) is 6.62. The Morgan fingerprint density at radius 2 is 1.92 bits per heavy atom. The topological polar surface area (TPSA) is 139 Å². The zero-order valence-corrected chi connectivity index (χ0v) is 21.8. The molecule has 0 aliphatic carbocycles. The monoisotopic (exact) mass is 522 g/mol. The molecule has 37 heavy (non-hydrogen) atoms. The Morgan fingerprint density at radius 1 is 1.14 bits per heavy atom. The standard InChI is InChI=1S/C25H27FN8O2S/c1-13-10-29-24(33-19(13)25(3,4)5)34-22(36)18-11-28-23(37-18)14(2)32-21(35)17-9-16(30-12-31-17)15-7-6-8-27-20(15)26/h6-12,14,21,32,35H,1-5H3,(H,29,33,34,36). The first kappa shape index (κ1) is 26.3. The van der Waals surface area contributed by atoms with Crippen molar-refractivity contribution in [2.45, 2.75) is 52.3 Å². The Bertz CT molecular complexity index is 1420. The average molecular weight is 523 g/mol. The number of aromatic nitrogens is 6. The molecule has 4 rings (SSSR count). The normalized spacial score (nSPS) is 13.3. The van der Waals surface area contributed by atoms with Crippen molar-refractivity contribution in [2.24, 2.45) is 0 Å². The van der Waals surface area contributed by atoms with Crippen molar-refractivity contribution in [3.8, 4) is 11.3 Å². The Kier molecular flexibility index (Phi) is 7.62. The quantitative estimate of drug-likeness (QED) is 0.242. The van der Waals surface area contributed by atoms with E-state index in [4.69, 9.17) is 0 Å². The van der Waals surface area contributed by atoms with Crippen LogP contribution in [0.5, 0.6) is 0 Å². The highest BCUT2D eigenvalue weighted by atomic mass is 32.1. The second-order valence-electron chi connectivity index (χ2n) is 9.45. The van der Waals surface area contributed by atoms with Gasteiger partial charge in [-0.3, -0.25) is 15.4 Å². The number of hydrogen-bond acceptors (Lipinski definition) is 10. The first-order valence-electron chi connectivity index (χ1n) is 11.5. The summed E-state index contributed by atoms with van der Waals surface area (Å²) in [6, 6.07) is 4.21. The highest BCUT2D eigenvalue weighted by Crippen LogP contribution is 2.26. The van der Waals surface area contributed by atoms with Crippen LogP contribution in [0, 0.1) is 12.9 Å². The molecule has 0 spiro atoms. The predicted molar refractivity (Wildman–Crippen MR) is 137 cm³/mol. The minimum Gasteiger partial charge on any atom is -0.373 e. The third kappa shape index (κ3) is 6.16. The maximum absolute atomic E-state index is 14.0. The fraction of sp³-hybridized carbons (Fsp3) is 0.320. The number of hydrogen-bond donors (Lipinski definition) is 3. The lowest BCUT2D eigenvalue weighted by Gasteiger charge is -2.20. The van der Waals surface area contributed by atoms with Gasteiger partial charge in [0, 0.05) is 17.8 Å². The number of nitrogens with one attached hydrogen (secondary N) is 2. The number of carbonyl (C=O) groups excluding carboxylic acids is 1. The first-order valence-corrected chi connectivity index (χ1v) is 12.3. The molecule has 1 amide bonds. The van der Waals surface area contributed by atoms with Crippen molar-refractivity contribution < 1.29 is 14.3 Å². The number of anilines is 1. The van der Waals surface area contributed by atoms with Crippen LogP contribution < -0.4 is 10.6 Å². The molecule has 12 heteroatoms. The maximum atomic E-state index is 14.0. The van der Waals surface area contributed by atoms with Gasteiger partial charge < -0.3 is 5.11 Å². The number of thiazole rings is 1. The largest absolute Gasteiger partial charge is 0.373 e. The van der Waals surface area contributed by atoms with Crippen molar-refractivity contribution in [3.63, 3.8) is 0 Å². The van der Waals surface area contributed by atoms with Crippen LogP contribution in [0.15, 0.2) is 43.1 Å². The van der Waals surface area contributed by atoms with Crippen LogP contribution in [0.25, 0.3) is 11.3 Å². The number of aliphatic hydroxyl groups is 1. The van der Waals surface area contributed by atoms with E-state index >= 15 is 0 Å². The van der Waals surface area contributed by atoms with E-state index < -0.39 is 18.2 Å². The van der Waals surface area contributed by atoms with E-state index in [9.17, 15) is 14.3 Å². The first-order chi connectivity index (χ1) is 17.5. The van der Waals surface area contributed by atoms with Crippen LogP contribution in [0.3, 0.4) is 0 Å². The van der Waals surface area contributed by atoms with Crippen LogP contribution in [0.4, 0.5) is 10.3 Å². The molecule has 2 unspecified atom stereocenters. The van der Waals surface area contributed by atoms with E-state index in [0.29, 0.717) is 15.6 Å². The molecule has 0 radical (unpaired) electrons. The molecule has 0 aliphatic rings. The lowest BCUT2D eigenvalue weighted by molar-refractivity contribution is 0.102. The molecule has 10 nitrogen and oxygen atoms in total. The maximum Gasteiger partial charge on any atom is 0.269 e. The minimum atomic E-state index is -1.19. The van der Waals surface area contributed by atoms with Gasteiger partial charge in [0.15, 0.2) is 0 Å². The minimum absolute atomic E-state index is 0.192. The van der Waals surface area contributed by atoms with Crippen LogP contribution >= 0.6 is 11.3 Å². The number of carbonyl (C=O) groups is 1. The van der Waals surface area contributed by atoms with E-state index in [1.165, 1.54) is 36.1 Å². The molecule has 3 N–H and O–H groups in total. The number of aliphatic hydroxyl groups excluding tert-OH is 1. The van der Waals surface area contributed by atoms with E-state index in [1.807, 2.05) is 27.7 Å². The molecule has 4 heterocycles. The smallest absolute Gasteiger partial charge is 0.269 e. The predicted octanol–water partition coefficient (Wildman–Crippen LogP) is 4.12. The van der Waals surface area contributed by atoms with Crippen molar-refractivity contribution in [2.75, 3.05) is 5.32 Å². The molecule has 0 bridgehead atoms. The van der Waals surface area contributed by atoms with E-state index in [1.54, 1.807) is 25.3 Å². The summed E-state index contributed by atoms with van der Waals surface area (Å²) < 4.78 is 14.0. The van der Waals surface area contributed by atoms with E-state index in [2.05, 4.69) is 40.5 Å². The third-order valence-electron chi connectivity index (χ3n) is 5.44. The van der Waals surface area contributed by atoms with Crippen LogP contribution in [0.1, 0.15) is 71.6 Å². The molecule has 0 fully saturated rings. The molecule has 0 saturated carbocycles. The second kappa shape index (κ2) is 10.7. The molecule has 0 saturated heterocycles. The number of halogens is 1. The summed E-state index contributed by atoms with van der Waals surface area (Å²) in [5, 5.41) is 17.0. The Morgan fingerprint density at radius 3 is 2.65 bits per heavy atom. The van der Waals surface area contributed by atoms with Crippen molar-refractivity contribution in [3.05, 3.63) is 75.9 Å². The van der Waals surface area contributed by atoms with E-state index in [0.717, 1.165) is 11.3 Å². The summed E-state index contributed by atoms with van der Waals surface area (Å²) in [5.74, 6) is -0.817. The van der Waals surface area contributed by atoms with Gasteiger partial charge in [-0.25, -0.2) is 29.9 Å². The summed E-state index contributed by atoms with van der Waals surface area (Å²) in [5.41, 5.74) is 2.36. The summed E-state index contributed by atoms with van der Waals surface area (Å²) in [4.78, 5) is 38.0. The Labute approximate surface area is 217 Å². The van der Waals surface area contributed by atoms with Crippen molar-refractivity contribution in [1.29, 1.82) is 0 Å². The highest BCUT2D eigenvalue weighted by Gasteiger charge is 2.22. The summed E-state index contributed by atoms with van der Waals surface area (Å²) in [6.07, 6.45) is 4.56. The summed E-state index contributed by atoms with van der Waals surface area (Å²) in [7, 11) is 0. The van der Waals surface area contributed by atoms with Crippen LogP contribution in [-0.4, -0.2) is 40.9 Å². The van der Waals surface area contributed by atoms with Gasteiger partial charge >= 0.3 is 0 Å². The zero-order valence-electron chi connectivity index (χ0n) is 21.0. The van der Waals surface area contributed by atoms with E-state index in [-0.39, 0.29) is 28.5 Å². The number of rotatable bonds is 7. The van der Waals surface area contributed by atoms with Gasteiger partial charge in [-0.05, 0) is 37.6 Å². The number of nitrogens with zero attached hydrogens (tertiary/aromatic N) is 6. The van der Waals surface area contributed by atoms with Gasteiger partial charge in [-0.15, -0.1) is 11.3 Å². The molecule has 4 aromatic rings. The average Bonchev–Trinajstić information content (AvgIpc) is 3.36. The van der Waals surface area contributed by atoms with Gasteiger partial charge in [0.25, 0.3) is 5.91 Å². The number of amides is 1.